The van der Waals surface area contributed by atoms with E-state index in [9.17, 15) is 19.8 Å². The number of phenols is 1. The van der Waals surface area contributed by atoms with Crippen molar-refractivity contribution >= 4 is 23.3 Å². The van der Waals surface area contributed by atoms with Crippen molar-refractivity contribution in [3.63, 3.8) is 0 Å². The number of phenolic OH excluding ortho intramolecular Hbond substituents is 1. The van der Waals surface area contributed by atoms with Crippen LogP contribution in [-0.4, -0.2) is 29.2 Å². The molecule has 6 nitrogen and oxygen atoms in total. The third-order valence-electron chi connectivity index (χ3n) is 5.44. The van der Waals surface area contributed by atoms with Gasteiger partial charge in [0.25, 0.3) is 0 Å². The van der Waals surface area contributed by atoms with Crippen LogP contribution in [0.4, 0.5) is 11.4 Å². The molecule has 4 rings (SSSR count). The van der Waals surface area contributed by atoms with E-state index in [0.717, 1.165) is 16.9 Å². The highest BCUT2D eigenvalue weighted by molar-refractivity contribution is 5.93. The molecule has 0 saturated carbocycles. The smallest absolute Gasteiger partial charge is 0.335 e. The van der Waals surface area contributed by atoms with Crippen molar-refractivity contribution in [3.8, 4) is 11.5 Å². The number of fused-ring (bicyclic) bond motifs is 2. The van der Waals surface area contributed by atoms with Crippen molar-refractivity contribution in [1.82, 2.24) is 0 Å². The van der Waals surface area contributed by atoms with Crippen LogP contribution in [-0.2, 0) is 4.79 Å². The lowest BCUT2D eigenvalue weighted by Crippen LogP contribution is -2.28. The predicted molar refractivity (Wildman–Crippen MR) is 113 cm³/mol. The number of carboxylic acids is 1. The number of aryl methyl sites for hydroxylation is 2. The van der Waals surface area contributed by atoms with Crippen LogP contribution in [0.5, 0.6) is 11.5 Å². The molecule has 1 unspecified atom stereocenters. The van der Waals surface area contributed by atoms with E-state index in [1.54, 1.807) is 32.0 Å². The normalized spacial score (nSPS) is 14.6. The van der Waals surface area contributed by atoms with E-state index in [4.69, 9.17) is 4.74 Å². The number of para-hydroxylation sites is 1. The highest BCUT2D eigenvalue weighted by atomic mass is 16.5. The van der Waals surface area contributed by atoms with Crippen LogP contribution in [0.1, 0.15) is 38.5 Å². The molecule has 0 spiro atoms. The summed E-state index contributed by atoms with van der Waals surface area (Å²) in [5.41, 5.74) is 4.40. The quantitative estimate of drug-likeness (QED) is 0.494. The molecule has 0 aliphatic carbocycles. The number of nitrogens with zero attached hydrogens (tertiary/aromatic N) is 1. The number of ether oxygens (including phenoxy) is 1. The van der Waals surface area contributed by atoms with Crippen LogP contribution in [0, 0.1) is 13.8 Å². The lowest BCUT2D eigenvalue weighted by molar-refractivity contribution is -0.135. The van der Waals surface area contributed by atoms with E-state index in [2.05, 4.69) is 0 Å². The molecule has 2 N–H and O–H groups in total. The first-order valence-electron chi connectivity index (χ1n) is 9.49. The minimum atomic E-state index is -1.03. The Kier molecular flexibility index (Phi) is 4.70. The second-order valence-corrected chi connectivity index (χ2v) is 7.46. The molecule has 0 radical (unpaired) electrons. The summed E-state index contributed by atoms with van der Waals surface area (Å²) in [6.07, 6.45) is 0. The zero-order valence-corrected chi connectivity index (χ0v) is 16.8. The van der Waals surface area contributed by atoms with Crippen LogP contribution in [0.25, 0.3) is 0 Å². The molecule has 0 aromatic heterocycles. The zero-order chi connectivity index (χ0) is 21.6. The third kappa shape index (κ3) is 3.16. The number of aromatic carboxylic acids is 1. The van der Waals surface area contributed by atoms with Gasteiger partial charge >= 0.3 is 11.9 Å². The van der Waals surface area contributed by atoms with E-state index in [1.807, 2.05) is 36.2 Å². The Morgan fingerprint density at radius 2 is 1.57 bits per heavy atom. The fourth-order valence-electron chi connectivity index (χ4n) is 4.06. The molecular weight excluding hydrogens is 382 g/mol. The predicted octanol–water partition coefficient (Wildman–Crippen LogP) is 4.53. The van der Waals surface area contributed by atoms with Crippen molar-refractivity contribution in [2.24, 2.45) is 0 Å². The Morgan fingerprint density at radius 3 is 2.23 bits per heavy atom. The van der Waals surface area contributed by atoms with E-state index in [-0.39, 0.29) is 11.3 Å². The largest absolute Gasteiger partial charge is 0.508 e. The maximum atomic E-state index is 13.4. The number of hydrogen-bond acceptors (Lipinski definition) is 5. The first kappa shape index (κ1) is 19.5. The van der Waals surface area contributed by atoms with E-state index < -0.39 is 17.9 Å². The number of carbonyl (C=O) groups excluding carboxylic acids is 1. The summed E-state index contributed by atoms with van der Waals surface area (Å²) in [7, 11) is 1.91. The topological polar surface area (TPSA) is 87.1 Å². The Bertz CT molecular complexity index is 1160. The highest BCUT2D eigenvalue weighted by Gasteiger charge is 2.35. The SMILES string of the molecule is Cc1cc(C(=O)O)cc(C)c1OC(=O)C1c2ccccc2N(C)c2ccc(O)cc21. The lowest BCUT2D eigenvalue weighted by Gasteiger charge is -2.34. The summed E-state index contributed by atoms with van der Waals surface area (Å²) in [5, 5.41) is 19.3. The molecular formula is C24H21NO5. The van der Waals surface area contributed by atoms with Gasteiger partial charge < -0.3 is 19.8 Å². The molecule has 3 aromatic carbocycles. The molecule has 1 aliphatic rings. The lowest BCUT2D eigenvalue weighted by atomic mass is 9.85. The van der Waals surface area contributed by atoms with Crippen molar-refractivity contribution in [2.75, 3.05) is 11.9 Å². The zero-order valence-electron chi connectivity index (χ0n) is 16.8. The summed E-state index contributed by atoms with van der Waals surface area (Å²) in [6.45, 7) is 3.43. The first-order chi connectivity index (χ1) is 14.3. The average Bonchev–Trinajstić information content (AvgIpc) is 2.70. The van der Waals surface area contributed by atoms with Gasteiger partial charge in [-0.15, -0.1) is 0 Å². The maximum Gasteiger partial charge on any atom is 0.335 e. The Hall–Kier alpha value is -3.80. The summed E-state index contributed by atoms with van der Waals surface area (Å²) in [6, 6.07) is 15.5. The standard InChI is InChI=1S/C24H21NO5/c1-13-10-15(23(27)28)11-14(2)22(13)30-24(29)21-17-6-4-5-7-19(17)25(3)20-9-8-16(26)12-18(20)21/h4-12,21,26H,1-3H3,(H,27,28). The van der Waals surface area contributed by atoms with Gasteiger partial charge in [-0.05, 0) is 72.5 Å². The van der Waals surface area contributed by atoms with Gasteiger partial charge in [-0.1, -0.05) is 18.2 Å². The Morgan fingerprint density at radius 1 is 0.933 bits per heavy atom. The number of carboxylic acid groups (broad SMARTS) is 1. The molecule has 0 fully saturated rings. The van der Waals surface area contributed by atoms with Crippen LogP contribution in [0.3, 0.4) is 0 Å². The molecule has 0 amide bonds. The van der Waals surface area contributed by atoms with Crippen LogP contribution in [0.2, 0.25) is 0 Å². The molecule has 6 heteroatoms. The van der Waals surface area contributed by atoms with Gasteiger partial charge in [0.1, 0.15) is 17.4 Å². The summed E-state index contributed by atoms with van der Waals surface area (Å²) in [4.78, 5) is 26.7. The summed E-state index contributed by atoms with van der Waals surface area (Å²) in [5.74, 6) is -1.83. The summed E-state index contributed by atoms with van der Waals surface area (Å²) < 4.78 is 5.81. The van der Waals surface area contributed by atoms with E-state index in [0.29, 0.717) is 22.4 Å². The van der Waals surface area contributed by atoms with Gasteiger partial charge in [-0.2, -0.15) is 0 Å². The molecule has 1 atom stereocenters. The van der Waals surface area contributed by atoms with E-state index >= 15 is 0 Å². The molecule has 0 bridgehead atoms. The highest BCUT2D eigenvalue weighted by Crippen LogP contribution is 2.46. The van der Waals surface area contributed by atoms with Gasteiger partial charge in [-0.3, -0.25) is 4.79 Å². The van der Waals surface area contributed by atoms with Crippen LogP contribution >= 0.6 is 0 Å². The molecule has 0 saturated heterocycles. The second kappa shape index (κ2) is 7.22. The molecule has 152 valence electrons. The number of anilines is 2. The number of rotatable bonds is 3. The number of aromatic hydroxyl groups is 1. The second-order valence-electron chi connectivity index (χ2n) is 7.46. The van der Waals surface area contributed by atoms with Gasteiger partial charge in [-0.25, -0.2) is 4.79 Å². The number of hydrogen-bond donors (Lipinski definition) is 2. The van der Waals surface area contributed by atoms with Crippen molar-refractivity contribution in [1.29, 1.82) is 0 Å². The maximum absolute atomic E-state index is 13.4. The Labute approximate surface area is 174 Å². The van der Waals surface area contributed by atoms with Crippen LogP contribution in [0.15, 0.2) is 54.6 Å². The molecule has 30 heavy (non-hydrogen) atoms. The van der Waals surface area contributed by atoms with Crippen molar-refractivity contribution in [3.05, 3.63) is 82.4 Å². The van der Waals surface area contributed by atoms with E-state index in [1.165, 1.54) is 12.1 Å². The summed E-state index contributed by atoms with van der Waals surface area (Å²) >= 11 is 0. The van der Waals surface area contributed by atoms with Crippen molar-refractivity contribution in [2.45, 2.75) is 19.8 Å². The molecule has 1 aliphatic heterocycles. The van der Waals surface area contributed by atoms with Gasteiger partial charge in [0, 0.05) is 18.4 Å². The number of esters is 1. The molecule has 3 aromatic rings. The third-order valence-corrected chi connectivity index (χ3v) is 5.44. The minimum Gasteiger partial charge on any atom is -0.508 e. The molecule has 1 heterocycles. The number of benzene rings is 3. The van der Waals surface area contributed by atoms with Gasteiger partial charge in [0.2, 0.25) is 0 Å². The Balaban J connectivity index is 1.80. The van der Waals surface area contributed by atoms with Gasteiger partial charge in [0.15, 0.2) is 0 Å². The number of carbonyl (C=O) groups is 2. The van der Waals surface area contributed by atoms with Crippen molar-refractivity contribution < 1.29 is 24.5 Å². The van der Waals surface area contributed by atoms with Crippen LogP contribution < -0.4 is 9.64 Å². The van der Waals surface area contributed by atoms with Gasteiger partial charge in [0.05, 0.1) is 5.56 Å². The fourth-order valence-corrected chi connectivity index (χ4v) is 4.06. The average molecular weight is 403 g/mol. The minimum absolute atomic E-state index is 0.0671. The first-order valence-corrected chi connectivity index (χ1v) is 9.49. The monoisotopic (exact) mass is 403 g/mol. The fraction of sp³-hybridized carbons (Fsp3) is 0.167.